The molecule has 10 heteroatoms. The summed E-state index contributed by atoms with van der Waals surface area (Å²) < 4.78 is 31.4. The van der Waals surface area contributed by atoms with E-state index in [1.807, 2.05) is 0 Å². The number of nitro benzene ring substituents is 1. The van der Waals surface area contributed by atoms with Gasteiger partial charge in [0.1, 0.15) is 22.0 Å². The summed E-state index contributed by atoms with van der Waals surface area (Å²) in [4.78, 5) is 10.2. The lowest BCUT2D eigenvalue weighted by Crippen LogP contribution is -2.03. The molecule has 0 aliphatic rings. The summed E-state index contributed by atoms with van der Waals surface area (Å²) in [6.45, 7) is 1.80. The lowest BCUT2D eigenvalue weighted by molar-refractivity contribution is -0.385. The monoisotopic (exact) mass is 426 g/mol. The van der Waals surface area contributed by atoms with Gasteiger partial charge >= 0.3 is 0 Å². The molecule has 0 amide bonds. The van der Waals surface area contributed by atoms with Crippen molar-refractivity contribution in [3.63, 3.8) is 0 Å². The van der Waals surface area contributed by atoms with E-state index in [2.05, 4.69) is 10.2 Å². The topological polar surface area (TPSA) is 137 Å². The number of rotatable bonds is 6. The van der Waals surface area contributed by atoms with Crippen molar-refractivity contribution in [2.75, 3.05) is 12.8 Å². The summed E-state index contributed by atoms with van der Waals surface area (Å²) in [5.74, 6) is 0.578. The highest BCUT2D eigenvalue weighted by molar-refractivity contribution is 7.91. The quantitative estimate of drug-likeness (QED) is 0.261. The predicted molar refractivity (Wildman–Crippen MR) is 111 cm³/mol. The van der Waals surface area contributed by atoms with Crippen LogP contribution in [0.4, 0.5) is 22.7 Å². The van der Waals surface area contributed by atoms with E-state index in [1.54, 1.807) is 37.3 Å². The zero-order valence-electron chi connectivity index (χ0n) is 16.1. The SMILES string of the molecule is COc1cc(N)c(N=Nc2ccc([N+](=O)[O-])cc2S(=O)(=O)c2ccccc2)cc1C. The molecule has 3 aromatic rings. The van der Waals surface area contributed by atoms with Gasteiger partial charge in [0, 0.05) is 18.2 Å². The van der Waals surface area contributed by atoms with Gasteiger partial charge in [-0.05, 0) is 36.8 Å². The second-order valence-electron chi connectivity index (χ2n) is 6.31. The highest BCUT2D eigenvalue weighted by Crippen LogP contribution is 2.36. The van der Waals surface area contributed by atoms with Crippen LogP contribution in [-0.2, 0) is 9.84 Å². The molecule has 9 nitrogen and oxygen atoms in total. The van der Waals surface area contributed by atoms with Crippen molar-refractivity contribution in [2.45, 2.75) is 16.7 Å². The number of aryl methyl sites for hydroxylation is 1. The van der Waals surface area contributed by atoms with Crippen LogP contribution >= 0.6 is 0 Å². The third kappa shape index (κ3) is 4.13. The van der Waals surface area contributed by atoms with Crippen molar-refractivity contribution >= 4 is 32.6 Å². The molecule has 0 saturated heterocycles. The maximum atomic E-state index is 13.1. The molecule has 3 aromatic carbocycles. The minimum Gasteiger partial charge on any atom is -0.496 e. The molecule has 3 rings (SSSR count). The van der Waals surface area contributed by atoms with Crippen molar-refractivity contribution in [1.82, 2.24) is 0 Å². The average molecular weight is 426 g/mol. The van der Waals surface area contributed by atoms with Gasteiger partial charge in [-0.25, -0.2) is 8.42 Å². The van der Waals surface area contributed by atoms with Crippen LogP contribution in [0.2, 0.25) is 0 Å². The molecular weight excluding hydrogens is 408 g/mol. The van der Waals surface area contributed by atoms with Crippen LogP contribution in [0.1, 0.15) is 5.56 Å². The number of hydrogen-bond donors (Lipinski definition) is 1. The van der Waals surface area contributed by atoms with Crippen molar-refractivity contribution < 1.29 is 18.1 Å². The molecule has 0 radical (unpaired) electrons. The van der Waals surface area contributed by atoms with Gasteiger partial charge in [-0.3, -0.25) is 10.1 Å². The first-order valence-electron chi connectivity index (χ1n) is 8.68. The number of non-ortho nitro benzene ring substituents is 1. The van der Waals surface area contributed by atoms with Crippen LogP contribution in [0.15, 0.2) is 80.7 Å². The molecule has 0 heterocycles. The number of ether oxygens (including phenoxy) is 1. The predicted octanol–water partition coefficient (Wildman–Crippen LogP) is 4.74. The largest absolute Gasteiger partial charge is 0.496 e. The Hall–Kier alpha value is -3.79. The Morgan fingerprint density at radius 2 is 1.67 bits per heavy atom. The summed E-state index contributed by atoms with van der Waals surface area (Å²) in [5, 5.41) is 19.3. The molecule has 0 aliphatic heterocycles. The highest BCUT2D eigenvalue weighted by Gasteiger charge is 2.24. The van der Waals surface area contributed by atoms with Gasteiger partial charge in [-0.15, -0.1) is 10.2 Å². The lowest BCUT2D eigenvalue weighted by atomic mass is 10.2. The van der Waals surface area contributed by atoms with Gasteiger partial charge in [0.15, 0.2) is 0 Å². The third-order valence-corrected chi connectivity index (χ3v) is 6.11. The van der Waals surface area contributed by atoms with E-state index in [0.29, 0.717) is 11.4 Å². The Balaban J connectivity index is 2.13. The summed E-state index contributed by atoms with van der Waals surface area (Å²) >= 11 is 0. The Kier molecular flexibility index (Phi) is 5.79. The van der Waals surface area contributed by atoms with E-state index in [1.165, 1.54) is 31.4 Å². The number of anilines is 1. The summed E-state index contributed by atoms with van der Waals surface area (Å²) in [5.41, 5.74) is 6.92. The van der Waals surface area contributed by atoms with Crippen molar-refractivity contribution in [2.24, 2.45) is 10.2 Å². The fourth-order valence-corrected chi connectivity index (χ4v) is 4.17. The summed E-state index contributed by atoms with van der Waals surface area (Å²) in [6, 6.07) is 14.2. The summed E-state index contributed by atoms with van der Waals surface area (Å²) in [7, 11) is -2.55. The number of azo groups is 1. The van der Waals surface area contributed by atoms with Gasteiger partial charge in [0.2, 0.25) is 9.84 Å². The average Bonchev–Trinajstić information content (AvgIpc) is 2.74. The molecule has 0 bridgehead atoms. The zero-order valence-corrected chi connectivity index (χ0v) is 17.0. The number of nitro groups is 1. The fourth-order valence-electron chi connectivity index (χ4n) is 2.74. The lowest BCUT2D eigenvalue weighted by Gasteiger charge is -2.09. The zero-order chi connectivity index (χ0) is 21.9. The molecule has 0 aromatic heterocycles. The van der Waals surface area contributed by atoms with E-state index in [9.17, 15) is 18.5 Å². The van der Waals surface area contributed by atoms with Gasteiger partial charge in [0.05, 0.1) is 22.6 Å². The Bertz CT molecular complexity index is 1240. The second kappa shape index (κ2) is 8.29. The fraction of sp³-hybridized carbons (Fsp3) is 0.100. The first-order valence-corrected chi connectivity index (χ1v) is 10.2. The van der Waals surface area contributed by atoms with Crippen molar-refractivity contribution in [1.29, 1.82) is 0 Å². The maximum absolute atomic E-state index is 13.1. The van der Waals surface area contributed by atoms with Gasteiger partial charge < -0.3 is 10.5 Å². The number of nitrogens with two attached hydrogens (primary N) is 1. The minimum absolute atomic E-state index is 0.0123. The highest BCUT2D eigenvalue weighted by atomic mass is 32.2. The van der Waals surface area contributed by atoms with E-state index < -0.39 is 14.8 Å². The minimum atomic E-state index is -4.07. The maximum Gasteiger partial charge on any atom is 0.270 e. The standard InChI is InChI=1S/C20H18N4O5S/c1-13-10-18(16(21)12-19(13)29-2)23-22-17-9-8-14(24(25)26)11-20(17)30(27,28)15-6-4-3-5-7-15/h3-12H,21H2,1-2H3. The number of nitrogen functional groups attached to an aromatic ring is 1. The molecule has 2 N–H and O–H groups in total. The molecule has 0 saturated carbocycles. The van der Waals surface area contributed by atoms with Gasteiger partial charge in [-0.1, -0.05) is 18.2 Å². The number of hydrogen-bond acceptors (Lipinski definition) is 8. The number of sulfone groups is 1. The summed E-state index contributed by atoms with van der Waals surface area (Å²) in [6.07, 6.45) is 0. The molecule has 0 atom stereocenters. The number of methoxy groups -OCH3 is 1. The van der Waals surface area contributed by atoms with Crippen LogP contribution in [0.3, 0.4) is 0 Å². The van der Waals surface area contributed by atoms with Crippen LogP contribution in [0.25, 0.3) is 0 Å². The molecule has 0 unspecified atom stereocenters. The first-order chi connectivity index (χ1) is 14.2. The Morgan fingerprint density at radius 1 is 1.00 bits per heavy atom. The third-order valence-electron chi connectivity index (χ3n) is 4.31. The number of benzene rings is 3. The van der Waals surface area contributed by atoms with Crippen LogP contribution in [0.5, 0.6) is 5.75 Å². The smallest absolute Gasteiger partial charge is 0.270 e. The van der Waals surface area contributed by atoms with Gasteiger partial charge in [0.25, 0.3) is 5.69 Å². The Morgan fingerprint density at radius 3 is 2.30 bits per heavy atom. The van der Waals surface area contributed by atoms with E-state index in [4.69, 9.17) is 10.5 Å². The van der Waals surface area contributed by atoms with Crippen molar-refractivity contribution in [3.8, 4) is 5.75 Å². The van der Waals surface area contributed by atoms with Crippen LogP contribution in [0, 0.1) is 17.0 Å². The molecular formula is C20H18N4O5S. The molecule has 0 fully saturated rings. The van der Waals surface area contributed by atoms with E-state index in [-0.39, 0.29) is 26.9 Å². The molecule has 30 heavy (non-hydrogen) atoms. The van der Waals surface area contributed by atoms with E-state index in [0.717, 1.165) is 11.6 Å². The first kappa shape index (κ1) is 20.9. The van der Waals surface area contributed by atoms with Crippen molar-refractivity contribution in [3.05, 3.63) is 76.3 Å². The Labute approximate surface area is 172 Å². The molecule has 0 spiro atoms. The molecule has 154 valence electrons. The molecule has 0 aliphatic carbocycles. The normalized spacial score (nSPS) is 11.5. The van der Waals surface area contributed by atoms with Crippen LogP contribution < -0.4 is 10.5 Å². The second-order valence-corrected chi connectivity index (χ2v) is 8.22. The van der Waals surface area contributed by atoms with E-state index >= 15 is 0 Å². The van der Waals surface area contributed by atoms with Gasteiger partial charge in [-0.2, -0.15) is 0 Å². The number of nitrogens with zero attached hydrogens (tertiary/aromatic N) is 3. The van der Waals surface area contributed by atoms with Crippen LogP contribution in [-0.4, -0.2) is 20.5 Å².